The lowest BCUT2D eigenvalue weighted by atomic mass is 9.99. The van der Waals surface area contributed by atoms with Crippen molar-refractivity contribution in [2.45, 2.75) is 32.2 Å². The molecule has 5 heteroatoms. The fourth-order valence-electron chi connectivity index (χ4n) is 1.04. The van der Waals surface area contributed by atoms with Crippen molar-refractivity contribution in [1.29, 1.82) is 0 Å². The molecule has 78 valence electrons. The molecule has 1 aromatic rings. The monoisotopic (exact) mass is 198 g/mol. The molecule has 1 rings (SSSR count). The molecule has 0 atom stereocenters. The summed E-state index contributed by atoms with van der Waals surface area (Å²) in [5.74, 6) is 0.394. The summed E-state index contributed by atoms with van der Waals surface area (Å²) in [5, 5.41) is 10.3. The first-order valence-electron chi connectivity index (χ1n) is 4.40. The molecular weight excluding hydrogens is 184 g/mol. The number of hydrogen-bond acceptors (Lipinski definition) is 4. The molecule has 0 radical (unpaired) electrons. The number of nitrogens with zero attached hydrogens (tertiary/aromatic N) is 1. The summed E-state index contributed by atoms with van der Waals surface area (Å²) >= 11 is 0. The van der Waals surface area contributed by atoms with E-state index in [2.05, 4.69) is 0 Å². The Bertz CT molecular complexity index is 325. The lowest BCUT2D eigenvalue weighted by molar-refractivity contribution is -0.402. The Kier molecular flexibility index (Phi) is 2.90. The van der Waals surface area contributed by atoms with Crippen LogP contribution in [0.4, 0.5) is 5.88 Å². The third-order valence-corrected chi connectivity index (χ3v) is 1.84. The lowest BCUT2D eigenvalue weighted by Gasteiger charge is -2.16. The van der Waals surface area contributed by atoms with Crippen molar-refractivity contribution in [3.8, 4) is 0 Å². The molecule has 0 saturated carbocycles. The Morgan fingerprint density at radius 3 is 2.64 bits per heavy atom. The summed E-state index contributed by atoms with van der Waals surface area (Å²) in [7, 11) is 0. The maximum absolute atomic E-state index is 10.3. The maximum Gasteiger partial charge on any atom is 0.433 e. The standard InChI is InChI=1S/C9H14N2O3/c1-9(2,10)6-5-7-3-4-8(14-7)11(12)13/h3-4H,5-6,10H2,1-2H3. The van der Waals surface area contributed by atoms with E-state index in [-0.39, 0.29) is 11.4 Å². The SMILES string of the molecule is CC(C)(N)CCc1ccc([N+](=O)[O-])o1. The maximum atomic E-state index is 10.3. The first kappa shape index (κ1) is 10.7. The Labute approximate surface area is 82.0 Å². The third kappa shape index (κ3) is 3.18. The number of furan rings is 1. The first-order chi connectivity index (χ1) is 6.38. The Morgan fingerprint density at radius 2 is 2.21 bits per heavy atom. The summed E-state index contributed by atoms with van der Waals surface area (Å²) in [6.45, 7) is 3.81. The van der Waals surface area contributed by atoms with Crippen LogP contribution in [0.25, 0.3) is 0 Å². The smallest absolute Gasteiger partial charge is 0.406 e. The molecular formula is C9H14N2O3. The molecule has 0 aromatic carbocycles. The summed E-state index contributed by atoms with van der Waals surface area (Å²) in [4.78, 5) is 9.76. The van der Waals surface area contributed by atoms with E-state index in [1.165, 1.54) is 6.07 Å². The second kappa shape index (κ2) is 3.79. The second-order valence-corrected chi connectivity index (χ2v) is 3.99. The third-order valence-electron chi connectivity index (χ3n) is 1.84. The zero-order valence-corrected chi connectivity index (χ0v) is 8.32. The Morgan fingerprint density at radius 1 is 1.57 bits per heavy atom. The van der Waals surface area contributed by atoms with Crippen molar-refractivity contribution in [3.05, 3.63) is 28.0 Å². The zero-order chi connectivity index (χ0) is 10.8. The van der Waals surface area contributed by atoms with Crippen LogP contribution in [0, 0.1) is 10.1 Å². The fraction of sp³-hybridized carbons (Fsp3) is 0.556. The molecule has 0 bridgehead atoms. The van der Waals surface area contributed by atoms with E-state index in [4.69, 9.17) is 10.2 Å². The molecule has 0 amide bonds. The lowest BCUT2D eigenvalue weighted by Crippen LogP contribution is -2.32. The van der Waals surface area contributed by atoms with Crippen LogP contribution in [-0.2, 0) is 6.42 Å². The molecule has 5 nitrogen and oxygen atoms in total. The van der Waals surface area contributed by atoms with Gasteiger partial charge in [-0.1, -0.05) is 0 Å². The zero-order valence-electron chi connectivity index (χ0n) is 8.32. The molecule has 1 heterocycles. The van der Waals surface area contributed by atoms with Crippen LogP contribution in [0.5, 0.6) is 0 Å². The van der Waals surface area contributed by atoms with Gasteiger partial charge < -0.3 is 10.2 Å². The van der Waals surface area contributed by atoms with Crippen LogP contribution < -0.4 is 5.73 Å². The minimum absolute atomic E-state index is 0.213. The highest BCUT2D eigenvalue weighted by atomic mass is 16.6. The van der Waals surface area contributed by atoms with Gasteiger partial charge in [0.15, 0.2) is 0 Å². The molecule has 0 spiro atoms. The molecule has 0 fully saturated rings. The van der Waals surface area contributed by atoms with Gasteiger partial charge in [0, 0.05) is 12.0 Å². The van der Waals surface area contributed by atoms with Crippen LogP contribution in [0.1, 0.15) is 26.0 Å². The van der Waals surface area contributed by atoms with Gasteiger partial charge in [0.05, 0.1) is 6.07 Å². The van der Waals surface area contributed by atoms with Crippen LogP contribution in [0.3, 0.4) is 0 Å². The van der Waals surface area contributed by atoms with Gasteiger partial charge in [-0.15, -0.1) is 0 Å². The van der Waals surface area contributed by atoms with Gasteiger partial charge in [0.2, 0.25) is 0 Å². The Balaban J connectivity index is 2.56. The van der Waals surface area contributed by atoms with Crippen molar-refractivity contribution >= 4 is 5.88 Å². The van der Waals surface area contributed by atoms with Gasteiger partial charge in [0.25, 0.3) is 0 Å². The highest BCUT2D eigenvalue weighted by molar-refractivity contribution is 5.17. The number of hydrogen-bond donors (Lipinski definition) is 1. The molecule has 0 saturated heterocycles. The molecule has 0 aliphatic carbocycles. The van der Waals surface area contributed by atoms with Crippen molar-refractivity contribution in [2.24, 2.45) is 5.73 Å². The largest absolute Gasteiger partial charge is 0.433 e. The van der Waals surface area contributed by atoms with Gasteiger partial charge >= 0.3 is 5.88 Å². The van der Waals surface area contributed by atoms with Crippen molar-refractivity contribution in [1.82, 2.24) is 0 Å². The fourth-order valence-corrected chi connectivity index (χ4v) is 1.04. The van der Waals surface area contributed by atoms with Gasteiger partial charge in [0.1, 0.15) is 10.7 Å². The van der Waals surface area contributed by atoms with E-state index < -0.39 is 4.92 Å². The normalized spacial score (nSPS) is 11.6. The van der Waals surface area contributed by atoms with E-state index in [0.717, 1.165) is 6.42 Å². The minimum atomic E-state index is -0.545. The van der Waals surface area contributed by atoms with E-state index in [1.807, 2.05) is 13.8 Å². The number of aryl methyl sites for hydroxylation is 1. The summed E-state index contributed by atoms with van der Waals surface area (Å²) in [6, 6.07) is 2.97. The van der Waals surface area contributed by atoms with E-state index in [0.29, 0.717) is 12.2 Å². The molecule has 14 heavy (non-hydrogen) atoms. The van der Waals surface area contributed by atoms with Crippen LogP contribution in [-0.4, -0.2) is 10.5 Å². The van der Waals surface area contributed by atoms with E-state index in [9.17, 15) is 10.1 Å². The molecule has 0 aliphatic rings. The average molecular weight is 198 g/mol. The predicted octanol–water partition coefficient (Wildman–Crippen LogP) is 1.86. The average Bonchev–Trinajstić information content (AvgIpc) is 2.47. The highest BCUT2D eigenvalue weighted by Gasteiger charge is 2.15. The van der Waals surface area contributed by atoms with E-state index in [1.54, 1.807) is 6.07 Å². The van der Waals surface area contributed by atoms with Crippen LogP contribution in [0.15, 0.2) is 16.5 Å². The number of rotatable bonds is 4. The van der Waals surface area contributed by atoms with Crippen LogP contribution >= 0.6 is 0 Å². The van der Waals surface area contributed by atoms with E-state index >= 15 is 0 Å². The van der Waals surface area contributed by atoms with Gasteiger partial charge in [-0.2, -0.15) is 0 Å². The summed E-state index contributed by atoms with van der Waals surface area (Å²) in [5.41, 5.74) is 5.50. The second-order valence-electron chi connectivity index (χ2n) is 3.99. The minimum Gasteiger partial charge on any atom is -0.406 e. The Hall–Kier alpha value is -1.36. The number of nitrogens with two attached hydrogens (primary N) is 1. The molecule has 0 aliphatic heterocycles. The summed E-state index contributed by atoms with van der Waals surface area (Å²) < 4.78 is 4.99. The van der Waals surface area contributed by atoms with Crippen LogP contribution in [0.2, 0.25) is 0 Å². The molecule has 1 aromatic heterocycles. The number of nitro groups is 1. The van der Waals surface area contributed by atoms with Crippen molar-refractivity contribution in [2.75, 3.05) is 0 Å². The van der Waals surface area contributed by atoms with Gasteiger partial charge in [-0.05, 0) is 26.3 Å². The topological polar surface area (TPSA) is 82.3 Å². The summed E-state index contributed by atoms with van der Waals surface area (Å²) in [6.07, 6.45) is 1.36. The highest BCUT2D eigenvalue weighted by Crippen LogP contribution is 2.18. The van der Waals surface area contributed by atoms with Gasteiger partial charge in [-0.25, -0.2) is 0 Å². The van der Waals surface area contributed by atoms with Crippen molar-refractivity contribution in [3.63, 3.8) is 0 Å². The first-order valence-corrected chi connectivity index (χ1v) is 4.40. The van der Waals surface area contributed by atoms with Gasteiger partial charge in [-0.3, -0.25) is 10.1 Å². The molecule has 0 unspecified atom stereocenters. The predicted molar refractivity (Wildman–Crippen MR) is 51.9 cm³/mol. The molecule has 2 N–H and O–H groups in total. The quantitative estimate of drug-likeness (QED) is 0.591. The van der Waals surface area contributed by atoms with Crippen molar-refractivity contribution < 1.29 is 9.34 Å².